The van der Waals surface area contributed by atoms with Crippen molar-refractivity contribution >= 4 is 39.2 Å². The molecular formula is C12H19Cl3Si. The van der Waals surface area contributed by atoms with E-state index in [1.165, 1.54) is 25.7 Å². The molecule has 0 heterocycles. The number of halogens is 3. The molecule has 4 heteroatoms. The van der Waals surface area contributed by atoms with E-state index >= 15 is 0 Å². The van der Waals surface area contributed by atoms with Crippen LogP contribution in [0.25, 0.3) is 0 Å². The zero-order chi connectivity index (χ0) is 11.9. The van der Waals surface area contributed by atoms with Gasteiger partial charge in [0.1, 0.15) is 0 Å². The first kappa shape index (κ1) is 14.6. The van der Waals surface area contributed by atoms with Crippen LogP contribution in [0.2, 0.25) is 6.04 Å². The van der Waals surface area contributed by atoms with Crippen molar-refractivity contribution in [2.24, 2.45) is 5.92 Å². The molecule has 1 rings (SSSR count). The van der Waals surface area contributed by atoms with Crippen LogP contribution in [-0.4, -0.2) is 6.00 Å². The Labute approximate surface area is 114 Å². The first-order valence-corrected chi connectivity index (χ1v) is 11.2. The fourth-order valence-electron chi connectivity index (χ4n) is 1.86. The van der Waals surface area contributed by atoms with E-state index in [0.717, 1.165) is 18.9 Å². The van der Waals surface area contributed by atoms with Crippen molar-refractivity contribution in [1.29, 1.82) is 0 Å². The lowest BCUT2D eigenvalue weighted by Crippen LogP contribution is -2.08. The molecule has 92 valence electrons. The summed E-state index contributed by atoms with van der Waals surface area (Å²) in [5.41, 5.74) is 0. The third-order valence-electron chi connectivity index (χ3n) is 2.76. The second kappa shape index (κ2) is 7.81. The second-order valence-corrected chi connectivity index (χ2v) is 13.6. The van der Waals surface area contributed by atoms with Gasteiger partial charge in [-0.05, 0) is 37.6 Å². The summed E-state index contributed by atoms with van der Waals surface area (Å²) in [5, 5.41) is 0. The van der Waals surface area contributed by atoms with Gasteiger partial charge in [-0.15, -0.1) is 33.2 Å². The smallest absolute Gasteiger partial charge is 0.126 e. The summed E-state index contributed by atoms with van der Waals surface area (Å²) in [7, 11) is 0. The molecule has 0 radical (unpaired) electrons. The summed E-state index contributed by atoms with van der Waals surface area (Å²) < 4.78 is 0. The van der Waals surface area contributed by atoms with Crippen LogP contribution in [0.4, 0.5) is 0 Å². The Balaban J connectivity index is 2.18. The maximum Gasteiger partial charge on any atom is 0.341 e. The number of hydrogen-bond donors (Lipinski definition) is 0. The molecule has 0 aromatic rings. The van der Waals surface area contributed by atoms with Crippen LogP contribution in [0.15, 0.2) is 24.3 Å². The molecule has 0 aliphatic heterocycles. The van der Waals surface area contributed by atoms with Gasteiger partial charge < -0.3 is 0 Å². The van der Waals surface area contributed by atoms with Gasteiger partial charge in [-0.3, -0.25) is 0 Å². The lowest BCUT2D eigenvalue weighted by molar-refractivity contribution is 0.633. The van der Waals surface area contributed by atoms with Crippen molar-refractivity contribution < 1.29 is 0 Å². The summed E-state index contributed by atoms with van der Waals surface area (Å²) in [6, 6.07) is -1.59. The van der Waals surface area contributed by atoms with Gasteiger partial charge in [-0.2, -0.15) is 0 Å². The number of rotatable bonds is 5. The van der Waals surface area contributed by atoms with Gasteiger partial charge in [0.25, 0.3) is 0 Å². The van der Waals surface area contributed by atoms with Crippen LogP contribution in [-0.2, 0) is 0 Å². The molecule has 0 unspecified atom stereocenters. The van der Waals surface area contributed by atoms with E-state index in [2.05, 4.69) is 24.3 Å². The Morgan fingerprint density at radius 1 is 1.00 bits per heavy atom. The molecule has 16 heavy (non-hydrogen) atoms. The van der Waals surface area contributed by atoms with Gasteiger partial charge in [0.05, 0.1) is 0 Å². The molecule has 1 aliphatic rings. The van der Waals surface area contributed by atoms with Crippen LogP contribution in [0.1, 0.15) is 38.5 Å². The topological polar surface area (TPSA) is 0 Å². The third-order valence-corrected chi connectivity index (χ3v) is 5.38. The average Bonchev–Trinajstić information content (AvgIpc) is 2.13. The van der Waals surface area contributed by atoms with Gasteiger partial charge in [-0.1, -0.05) is 37.1 Å². The first-order chi connectivity index (χ1) is 7.58. The fraction of sp³-hybridized carbons (Fsp3) is 0.667. The van der Waals surface area contributed by atoms with Crippen LogP contribution < -0.4 is 0 Å². The Bertz CT molecular complexity index is 229. The predicted molar refractivity (Wildman–Crippen MR) is 77.6 cm³/mol. The van der Waals surface area contributed by atoms with Crippen LogP contribution >= 0.6 is 33.2 Å². The molecular weight excluding hydrogens is 279 g/mol. The summed E-state index contributed by atoms with van der Waals surface area (Å²) >= 11 is 17.5. The largest absolute Gasteiger partial charge is 0.341 e. The quantitative estimate of drug-likeness (QED) is 0.263. The highest BCUT2D eigenvalue weighted by Gasteiger charge is 2.23. The van der Waals surface area contributed by atoms with Crippen LogP contribution in [0.3, 0.4) is 0 Å². The maximum absolute atomic E-state index is 5.84. The Morgan fingerprint density at radius 3 is 2.19 bits per heavy atom. The molecule has 0 nitrogen and oxygen atoms in total. The van der Waals surface area contributed by atoms with E-state index in [-0.39, 0.29) is 0 Å². The summed E-state index contributed by atoms with van der Waals surface area (Å²) in [4.78, 5) is 0. The van der Waals surface area contributed by atoms with Gasteiger partial charge >= 0.3 is 6.00 Å². The zero-order valence-corrected chi connectivity index (χ0v) is 12.7. The van der Waals surface area contributed by atoms with Crippen molar-refractivity contribution in [2.75, 3.05) is 0 Å². The molecule has 0 fully saturated rings. The Morgan fingerprint density at radius 2 is 1.62 bits per heavy atom. The molecule has 1 aliphatic carbocycles. The van der Waals surface area contributed by atoms with Gasteiger partial charge in [0.2, 0.25) is 0 Å². The standard InChI is InChI=1S/C12H19Cl3Si/c13-16(14,15)11-7-6-10-12-8-4-2-1-3-5-9-12/h4-5,8-9,12H,1-3,6-7,10-11H2. The van der Waals surface area contributed by atoms with E-state index in [1.54, 1.807) is 0 Å². The lowest BCUT2D eigenvalue weighted by atomic mass is 9.98. The molecule has 0 spiro atoms. The van der Waals surface area contributed by atoms with E-state index in [9.17, 15) is 0 Å². The molecule has 0 saturated carbocycles. The molecule has 0 aromatic heterocycles. The monoisotopic (exact) mass is 296 g/mol. The second-order valence-electron chi connectivity index (χ2n) is 4.31. The highest BCUT2D eigenvalue weighted by molar-refractivity contribution is 7.64. The van der Waals surface area contributed by atoms with Crippen molar-refractivity contribution in [1.82, 2.24) is 0 Å². The molecule has 0 bridgehead atoms. The minimum absolute atomic E-state index is 0.595. The predicted octanol–water partition coefficient (Wildman–Crippen LogP) is 5.72. The number of hydrogen-bond acceptors (Lipinski definition) is 0. The van der Waals surface area contributed by atoms with E-state index in [1.807, 2.05) is 0 Å². The molecule has 0 saturated heterocycles. The van der Waals surface area contributed by atoms with E-state index in [0.29, 0.717) is 5.92 Å². The molecule has 0 atom stereocenters. The maximum atomic E-state index is 5.84. The van der Waals surface area contributed by atoms with Gasteiger partial charge in [0.15, 0.2) is 0 Å². The van der Waals surface area contributed by atoms with Gasteiger partial charge in [0, 0.05) is 0 Å². The van der Waals surface area contributed by atoms with Crippen molar-refractivity contribution in [3.63, 3.8) is 0 Å². The van der Waals surface area contributed by atoms with E-state index in [4.69, 9.17) is 33.2 Å². The molecule has 0 aromatic carbocycles. The minimum atomic E-state index is -2.38. The minimum Gasteiger partial charge on any atom is -0.126 e. The summed E-state index contributed by atoms with van der Waals surface area (Å²) in [6.07, 6.45) is 16.3. The highest BCUT2D eigenvalue weighted by atomic mass is 35.8. The SMILES string of the molecule is Cl[Si](Cl)(Cl)CCCCC1C=CCCCC=C1. The number of unbranched alkanes of at least 4 members (excludes halogenated alkanes) is 1. The normalized spacial score (nSPS) is 21.8. The zero-order valence-electron chi connectivity index (χ0n) is 9.47. The average molecular weight is 298 g/mol. The first-order valence-electron chi connectivity index (χ1n) is 5.98. The van der Waals surface area contributed by atoms with Crippen LogP contribution in [0, 0.1) is 5.92 Å². The summed E-state index contributed by atoms with van der Waals surface area (Å²) in [5.74, 6) is 0.595. The van der Waals surface area contributed by atoms with Crippen molar-refractivity contribution in [2.45, 2.75) is 44.6 Å². The van der Waals surface area contributed by atoms with Crippen molar-refractivity contribution in [3.05, 3.63) is 24.3 Å². The Hall–Kier alpha value is 0.567. The fourth-order valence-corrected chi connectivity index (χ4v) is 3.71. The lowest BCUT2D eigenvalue weighted by Gasteiger charge is -2.11. The molecule has 0 N–H and O–H groups in total. The summed E-state index contributed by atoms with van der Waals surface area (Å²) in [6.45, 7) is 0. The Kier molecular flexibility index (Phi) is 7.14. The van der Waals surface area contributed by atoms with E-state index < -0.39 is 6.00 Å². The van der Waals surface area contributed by atoms with Gasteiger partial charge in [-0.25, -0.2) is 0 Å². The van der Waals surface area contributed by atoms with Crippen molar-refractivity contribution in [3.8, 4) is 0 Å². The number of allylic oxidation sites excluding steroid dienone is 4. The third kappa shape index (κ3) is 7.78. The molecule has 0 amide bonds. The highest BCUT2D eigenvalue weighted by Crippen LogP contribution is 2.28. The van der Waals surface area contributed by atoms with Crippen LogP contribution in [0.5, 0.6) is 0 Å².